The fraction of sp³-hybridized carbons (Fsp3) is 0.852. The van der Waals surface area contributed by atoms with Crippen molar-refractivity contribution < 1.29 is 22.4 Å². The van der Waals surface area contributed by atoms with Crippen molar-refractivity contribution >= 4 is 25.0 Å². The van der Waals surface area contributed by atoms with E-state index in [4.69, 9.17) is 18.0 Å². The molecule has 1 N–H and O–H groups in total. The maximum atomic E-state index is 17.4. The molecule has 4 atom stereocenters. The number of rotatable bonds is 8. The van der Waals surface area contributed by atoms with Crippen molar-refractivity contribution in [3.63, 3.8) is 0 Å². The minimum absolute atomic E-state index is 0.149. The van der Waals surface area contributed by atoms with Crippen LogP contribution in [0, 0.1) is 0 Å². The Labute approximate surface area is 237 Å². The van der Waals surface area contributed by atoms with E-state index in [2.05, 4.69) is 107 Å². The van der Waals surface area contributed by atoms with E-state index in [0.717, 1.165) is 0 Å². The topological polar surface area (TPSA) is 91.8 Å². The van der Waals surface area contributed by atoms with Crippen LogP contribution in [0.4, 0.5) is 4.39 Å². The Hall–Kier alpha value is -0.899. The summed E-state index contributed by atoms with van der Waals surface area (Å²) in [6.07, 6.45) is -1.93. The van der Waals surface area contributed by atoms with Crippen LogP contribution in [0.25, 0.3) is 0 Å². The Morgan fingerprint density at radius 3 is 1.77 bits per heavy atom. The van der Waals surface area contributed by atoms with Gasteiger partial charge in [-0.3, -0.25) is 14.3 Å². The first kappa shape index (κ1) is 34.3. The van der Waals surface area contributed by atoms with Gasteiger partial charge in [-0.05, 0) is 54.4 Å². The van der Waals surface area contributed by atoms with Crippen LogP contribution in [-0.4, -0.2) is 59.2 Å². The SMILES string of the molecule is CC(C)(C)[Si](C)(C)OC[C@@]1(F)O[C@@H](n2ccc(=O)[nH]c2=O)C(O[Si](C)(C)C(C)(C)C)C1O[Si](C)(C)C(C)(C)C. The smallest absolute Gasteiger partial charge is 0.330 e. The highest BCUT2D eigenvalue weighted by molar-refractivity contribution is 6.75. The molecule has 1 aliphatic rings. The van der Waals surface area contributed by atoms with Crippen molar-refractivity contribution in [1.29, 1.82) is 0 Å². The van der Waals surface area contributed by atoms with Crippen LogP contribution in [-0.2, 0) is 18.0 Å². The van der Waals surface area contributed by atoms with E-state index in [0.29, 0.717) is 0 Å². The van der Waals surface area contributed by atoms with Gasteiger partial charge in [0.15, 0.2) is 31.2 Å². The zero-order valence-electron chi connectivity index (χ0n) is 26.9. The second-order valence-electron chi connectivity index (χ2n) is 15.5. The lowest BCUT2D eigenvalue weighted by Gasteiger charge is -2.45. The molecule has 1 aromatic rings. The molecule has 12 heteroatoms. The fourth-order valence-electron chi connectivity index (χ4n) is 3.47. The van der Waals surface area contributed by atoms with E-state index in [1.165, 1.54) is 16.8 Å². The average Bonchev–Trinajstić information content (AvgIpc) is 2.95. The molecule has 1 saturated heterocycles. The number of nitrogens with zero attached hydrogens (tertiary/aromatic N) is 1. The Morgan fingerprint density at radius 2 is 1.33 bits per heavy atom. The van der Waals surface area contributed by atoms with Crippen molar-refractivity contribution in [2.75, 3.05) is 6.61 Å². The summed E-state index contributed by atoms with van der Waals surface area (Å²) in [4.78, 5) is 27.1. The number of alkyl halides is 1. The van der Waals surface area contributed by atoms with Gasteiger partial charge in [0.1, 0.15) is 12.2 Å². The van der Waals surface area contributed by atoms with Crippen LogP contribution in [0.2, 0.25) is 54.4 Å². The third kappa shape index (κ3) is 7.31. The highest BCUT2D eigenvalue weighted by Gasteiger charge is 2.63. The van der Waals surface area contributed by atoms with Crippen molar-refractivity contribution in [2.24, 2.45) is 0 Å². The van der Waals surface area contributed by atoms with Gasteiger partial charge >= 0.3 is 5.69 Å². The molecule has 8 nitrogen and oxygen atoms in total. The third-order valence-corrected chi connectivity index (χ3v) is 22.8. The van der Waals surface area contributed by atoms with Crippen LogP contribution in [0.5, 0.6) is 0 Å². The van der Waals surface area contributed by atoms with Crippen molar-refractivity contribution in [2.45, 2.75) is 141 Å². The monoisotopic (exact) mass is 604 g/mol. The summed E-state index contributed by atoms with van der Waals surface area (Å²) >= 11 is 0. The molecule has 226 valence electrons. The molecule has 0 spiro atoms. The van der Waals surface area contributed by atoms with E-state index < -0.39 is 60.5 Å². The summed E-state index contributed by atoms with van der Waals surface area (Å²) in [6, 6.07) is 1.22. The normalized spacial score (nSPS) is 25.8. The maximum absolute atomic E-state index is 17.4. The molecule has 0 bridgehead atoms. The first-order chi connectivity index (χ1) is 17.2. The molecule has 1 aromatic heterocycles. The largest absolute Gasteiger partial charge is 0.411 e. The van der Waals surface area contributed by atoms with E-state index >= 15 is 4.39 Å². The molecule has 0 amide bonds. The van der Waals surface area contributed by atoms with Gasteiger partial charge in [-0.25, -0.2) is 9.18 Å². The van der Waals surface area contributed by atoms with Crippen LogP contribution >= 0.6 is 0 Å². The van der Waals surface area contributed by atoms with Crippen molar-refractivity contribution in [1.82, 2.24) is 9.55 Å². The summed E-state index contributed by atoms with van der Waals surface area (Å²) in [5.74, 6) is -2.39. The molecule has 0 aliphatic carbocycles. The van der Waals surface area contributed by atoms with Crippen LogP contribution in [0.1, 0.15) is 68.5 Å². The molecule has 1 fully saturated rings. The Balaban J connectivity index is 2.74. The molecule has 1 aliphatic heterocycles. The lowest BCUT2D eigenvalue weighted by Crippen LogP contribution is -2.57. The number of H-pyrrole nitrogens is 1. The highest BCUT2D eigenvalue weighted by Crippen LogP contribution is 2.50. The van der Waals surface area contributed by atoms with Crippen LogP contribution in [0.3, 0.4) is 0 Å². The predicted octanol–water partition coefficient (Wildman–Crippen LogP) is 6.53. The van der Waals surface area contributed by atoms with Gasteiger partial charge < -0.3 is 18.0 Å². The van der Waals surface area contributed by atoms with Gasteiger partial charge in [0.05, 0.1) is 6.61 Å². The predicted molar refractivity (Wildman–Crippen MR) is 163 cm³/mol. The molecule has 0 aromatic carbocycles. The Kier molecular flexibility index (Phi) is 9.45. The number of hydrogen-bond donors (Lipinski definition) is 1. The number of aromatic amines is 1. The number of aromatic nitrogens is 2. The highest BCUT2D eigenvalue weighted by atomic mass is 28.4. The Morgan fingerprint density at radius 1 is 0.872 bits per heavy atom. The third-order valence-electron chi connectivity index (χ3n) is 9.35. The summed E-state index contributed by atoms with van der Waals surface area (Å²) < 4.78 is 44.8. The number of halogens is 1. The van der Waals surface area contributed by atoms with Gasteiger partial charge in [-0.2, -0.15) is 0 Å². The maximum Gasteiger partial charge on any atom is 0.330 e. The lowest BCUT2D eigenvalue weighted by molar-refractivity contribution is -0.202. The molecule has 0 saturated carbocycles. The fourth-order valence-corrected chi connectivity index (χ4v) is 7.03. The first-order valence-electron chi connectivity index (χ1n) is 13.8. The molecule has 2 heterocycles. The summed E-state index contributed by atoms with van der Waals surface area (Å²) in [5.41, 5.74) is -1.24. The number of ether oxygens (including phenoxy) is 1. The van der Waals surface area contributed by atoms with E-state index in [9.17, 15) is 9.59 Å². The standard InChI is InChI=1S/C27H53FN2O6Si3/c1-24(2,3)37(10,11)33-18-27(28)21(36-39(14,15)26(7,8)9)20(35-38(12,13)25(4,5)6)22(34-27)30-17-16-19(31)29-23(30)32/h16-17,20-22H,18H2,1-15H3,(H,29,31,32)/t20?,21?,22-,27-/m1/s1. The molecular formula is C27H53FN2O6Si3. The van der Waals surface area contributed by atoms with Gasteiger partial charge in [0.25, 0.3) is 11.4 Å². The number of hydrogen-bond acceptors (Lipinski definition) is 6. The average molecular weight is 605 g/mol. The zero-order valence-corrected chi connectivity index (χ0v) is 29.9. The number of nitrogens with one attached hydrogen (secondary N) is 1. The zero-order chi connectivity index (χ0) is 30.6. The van der Waals surface area contributed by atoms with Gasteiger partial charge in [-0.15, -0.1) is 0 Å². The van der Waals surface area contributed by atoms with Crippen molar-refractivity contribution in [3.8, 4) is 0 Å². The van der Waals surface area contributed by atoms with Gasteiger partial charge in [-0.1, -0.05) is 62.3 Å². The van der Waals surface area contributed by atoms with E-state index in [-0.39, 0.29) is 21.7 Å². The summed E-state index contributed by atoms with van der Waals surface area (Å²) in [7, 11) is -7.45. The Bertz CT molecular complexity index is 1130. The molecule has 0 radical (unpaired) electrons. The van der Waals surface area contributed by atoms with Crippen LogP contribution in [0.15, 0.2) is 21.9 Å². The van der Waals surface area contributed by atoms with Gasteiger partial charge in [0, 0.05) is 12.3 Å². The molecule has 2 rings (SSSR count). The van der Waals surface area contributed by atoms with Crippen molar-refractivity contribution in [3.05, 3.63) is 33.1 Å². The van der Waals surface area contributed by atoms with E-state index in [1.54, 1.807) is 0 Å². The minimum atomic E-state index is -2.56. The molecule has 39 heavy (non-hydrogen) atoms. The van der Waals surface area contributed by atoms with E-state index in [1.807, 2.05) is 0 Å². The second-order valence-corrected chi connectivity index (χ2v) is 29.8. The first-order valence-corrected chi connectivity index (χ1v) is 22.6. The molecule has 2 unspecified atom stereocenters. The minimum Gasteiger partial charge on any atom is -0.411 e. The summed E-state index contributed by atoms with van der Waals surface area (Å²) in [6.45, 7) is 30.9. The second kappa shape index (κ2) is 10.7. The summed E-state index contributed by atoms with van der Waals surface area (Å²) in [5, 5.41) is -0.569. The molecular weight excluding hydrogens is 552 g/mol. The lowest BCUT2D eigenvalue weighted by atomic mass is 10.1. The van der Waals surface area contributed by atoms with Gasteiger partial charge in [0.2, 0.25) is 0 Å². The quantitative estimate of drug-likeness (QED) is 0.339. The van der Waals surface area contributed by atoms with Crippen LogP contribution < -0.4 is 11.2 Å².